The molecule has 86 valence electrons. The molecule has 2 aromatic rings. The Bertz CT molecular complexity index is 546. The van der Waals surface area contributed by atoms with Crippen molar-refractivity contribution in [3.8, 4) is 0 Å². The van der Waals surface area contributed by atoms with E-state index in [1.54, 1.807) is 11.3 Å². The molecule has 0 saturated carbocycles. The Morgan fingerprint density at radius 1 is 1.62 bits per heavy atom. The maximum atomic E-state index is 11.8. The summed E-state index contributed by atoms with van der Waals surface area (Å²) in [6.07, 6.45) is 0.936. The maximum Gasteiger partial charge on any atom is 0.260 e. The van der Waals surface area contributed by atoms with Crippen LogP contribution in [-0.4, -0.2) is 22.3 Å². The lowest BCUT2D eigenvalue weighted by molar-refractivity contribution is 0.977. The third-order valence-corrected chi connectivity index (χ3v) is 4.22. The third-order valence-electron chi connectivity index (χ3n) is 2.14. The molecule has 2 rings (SSSR count). The number of aryl methyl sites for hydroxylation is 1. The summed E-state index contributed by atoms with van der Waals surface area (Å²) in [4.78, 5) is 20.9. The number of thioether (sulfide) groups is 1. The van der Waals surface area contributed by atoms with E-state index in [0.29, 0.717) is 17.1 Å². The van der Waals surface area contributed by atoms with Crippen LogP contribution in [0.25, 0.3) is 10.2 Å². The standard InChI is InChI=1S/C10H13N3OS2/c1-2-6-5-7-8(14)12-10(15-4-3-11)13-9(7)16-6/h5H,2-4,11H2,1H3,(H,12,13,14). The van der Waals surface area contributed by atoms with Crippen molar-refractivity contribution in [1.82, 2.24) is 9.97 Å². The lowest BCUT2D eigenvalue weighted by Crippen LogP contribution is -2.09. The van der Waals surface area contributed by atoms with E-state index in [-0.39, 0.29) is 5.56 Å². The Balaban J connectivity index is 2.45. The van der Waals surface area contributed by atoms with Gasteiger partial charge in [-0.15, -0.1) is 11.3 Å². The number of nitrogens with one attached hydrogen (secondary N) is 1. The average Bonchev–Trinajstić information content (AvgIpc) is 2.70. The van der Waals surface area contributed by atoms with Gasteiger partial charge in [0, 0.05) is 17.2 Å². The molecule has 16 heavy (non-hydrogen) atoms. The maximum absolute atomic E-state index is 11.8. The van der Waals surface area contributed by atoms with Crippen LogP contribution in [0.15, 0.2) is 16.0 Å². The van der Waals surface area contributed by atoms with E-state index in [1.165, 1.54) is 16.6 Å². The van der Waals surface area contributed by atoms with E-state index >= 15 is 0 Å². The molecular weight excluding hydrogens is 242 g/mol. The summed E-state index contributed by atoms with van der Waals surface area (Å²) in [7, 11) is 0. The molecule has 0 atom stereocenters. The van der Waals surface area contributed by atoms with Gasteiger partial charge < -0.3 is 10.7 Å². The second kappa shape index (κ2) is 4.99. The molecule has 4 nitrogen and oxygen atoms in total. The number of hydrogen-bond donors (Lipinski definition) is 2. The van der Waals surface area contributed by atoms with E-state index in [1.807, 2.05) is 6.07 Å². The van der Waals surface area contributed by atoms with Gasteiger partial charge in [-0.1, -0.05) is 18.7 Å². The molecule has 0 radical (unpaired) electrons. The Morgan fingerprint density at radius 3 is 3.12 bits per heavy atom. The van der Waals surface area contributed by atoms with Crippen molar-refractivity contribution in [2.75, 3.05) is 12.3 Å². The fraction of sp³-hybridized carbons (Fsp3) is 0.400. The van der Waals surface area contributed by atoms with Crippen molar-refractivity contribution in [2.45, 2.75) is 18.5 Å². The highest BCUT2D eigenvalue weighted by Gasteiger charge is 2.07. The number of thiophene rings is 1. The fourth-order valence-electron chi connectivity index (χ4n) is 1.36. The molecule has 0 amide bonds. The highest BCUT2D eigenvalue weighted by Crippen LogP contribution is 2.23. The summed E-state index contributed by atoms with van der Waals surface area (Å²) in [5.41, 5.74) is 5.36. The van der Waals surface area contributed by atoms with Crippen molar-refractivity contribution in [3.05, 3.63) is 21.3 Å². The van der Waals surface area contributed by atoms with Gasteiger partial charge in [0.1, 0.15) is 4.83 Å². The summed E-state index contributed by atoms with van der Waals surface area (Å²) < 4.78 is 0. The predicted molar refractivity (Wildman–Crippen MR) is 69.4 cm³/mol. The van der Waals surface area contributed by atoms with Crippen LogP contribution in [0.4, 0.5) is 0 Å². The smallest absolute Gasteiger partial charge is 0.260 e. The minimum Gasteiger partial charge on any atom is -0.330 e. The lowest BCUT2D eigenvalue weighted by atomic mass is 10.3. The summed E-state index contributed by atoms with van der Waals surface area (Å²) in [5, 5.41) is 1.35. The molecule has 3 N–H and O–H groups in total. The fourth-order valence-corrected chi connectivity index (χ4v) is 3.02. The van der Waals surface area contributed by atoms with Crippen molar-refractivity contribution in [1.29, 1.82) is 0 Å². The van der Waals surface area contributed by atoms with E-state index < -0.39 is 0 Å². The molecular formula is C10H13N3OS2. The van der Waals surface area contributed by atoms with Crippen LogP contribution < -0.4 is 11.3 Å². The zero-order chi connectivity index (χ0) is 11.5. The highest BCUT2D eigenvalue weighted by atomic mass is 32.2. The first kappa shape index (κ1) is 11.6. The van der Waals surface area contributed by atoms with Gasteiger partial charge in [0.25, 0.3) is 5.56 Å². The first-order chi connectivity index (χ1) is 7.74. The quantitative estimate of drug-likeness (QED) is 0.643. The molecule has 0 fully saturated rings. The van der Waals surface area contributed by atoms with Gasteiger partial charge in [0.2, 0.25) is 0 Å². The lowest BCUT2D eigenvalue weighted by Gasteiger charge is -1.97. The number of aromatic nitrogens is 2. The molecule has 6 heteroatoms. The van der Waals surface area contributed by atoms with Gasteiger partial charge in [-0.05, 0) is 12.5 Å². The predicted octanol–water partition coefficient (Wildman–Crippen LogP) is 1.60. The summed E-state index contributed by atoms with van der Waals surface area (Å²) in [6, 6.07) is 1.92. The molecule has 0 aromatic carbocycles. The monoisotopic (exact) mass is 255 g/mol. The molecule has 0 aliphatic heterocycles. The Hall–Kier alpha value is -0.850. The Labute approximate surface area is 101 Å². The Morgan fingerprint density at radius 2 is 2.44 bits per heavy atom. The number of nitrogens with zero attached hydrogens (tertiary/aromatic N) is 1. The third kappa shape index (κ3) is 2.28. The molecule has 0 aliphatic carbocycles. The molecule has 0 aliphatic rings. The van der Waals surface area contributed by atoms with E-state index in [0.717, 1.165) is 17.0 Å². The first-order valence-corrected chi connectivity index (χ1v) is 6.90. The number of fused-ring (bicyclic) bond motifs is 1. The van der Waals surface area contributed by atoms with Gasteiger partial charge in [-0.25, -0.2) is 4.98 Å². The van der Waals surface area contributed by atoms with Crippen LogP contribution >= 0.6 is 23.1 Å². The van der Waals surface area contributed by atoms with Crippen LogP contribution in [0.1, 0.15) is 11.8 Å². The van der Waals surface area contributed by atoms with Crippen LogP contribution in [-0.2, 0) is 6.42 Å². The molecule has 0 spiro atoms. The minimum absolute atomic E-state index is 0.0551. The summed E-state index contributed by atoms with van der Waals surface area (Å²) >= 11 is 3.06. The topological polar surface area (TPSA) is 71.8 Å². The van der Waals surface area contributed by atoms with Crippen LogP contribution in [0.5, 0.6) is 0 Å². The van der Waals surface area contributed by atoms with Crippen molar-refractivity contribution in [3.63, 3.8) is 0 Å². The second-order valence-corrected chi connectivity index (χ2v) is 5.49. The van der Waals surface area contributed by atoms with Crippen molar-refractivity contribution < 1.29 is 0 Å². The van der Waals surface area contributed by atoms with E-state index in [4.69, 9.17) is 5.73 Å². The Kier molecular flexibility index (Phi) is 3.63. The number of nitrogens with two attached hydrogens (primary N) is 1. The molecule has 2 aromatic heterocycles. The molecule has 0 saturated heterocycles. The SMILES string of the molecule is CCc1cc2c(=O)[nH]c(SCCN)nc2s1. The van der Waals surface area contributed by atoms with Gasteiger partial charge in [-0.2, -0.15) is 0 Å². The summed E-state index contributed by atoms with van der Waals surface area (Å²) in [6.45, 7) is 2.65. The molecule has 0 bridgehead atoms. The number of aromatic amines is 1. The number of H-pyrrole nitrogens is 1. The van der Waals surface area contributed by atoms with Crippen molar-refractivity contribution in [2.24, 2.45) is 5.73 Å². The second-order valence-electron chi connectivity index (χ2n) is 3.29. The normalized spacial score (nSPS) is 11.1. The zero-order valence-corrected chi connectivity index (χ0v) is 10.6. The average molecular weight is 255 g/mol. The molecule has 2 heterocycles. The number of hydrogen-bond acceptors (Lipinski definition) is 5. The molecule has 0 unspecified atom stereocenters. The van der Waals surface area contributed by atoms with E-state index in [9.17, 15) is 4.79 Å². The summed E-state index contributed by atoms with van der Waals surface area (Å²) in [5.74, 6) is 0.764. The largest absolute Gasteiger partial charge is 0.330 e. The van der Waals surface area contributed by atoms with Crippen LogP contribution in [0, 0.1) is 0 Å². The van der Waals surface area contributed by atoms with Crippen molar-refractivity contribution >= 4 is 33.3 Å². The highest BCUT2D eigenvalue weighted by molar-refractivity contribution is 7.99. The van der Waals surface area contributed by atoms with Crippen LogP contribution in [0.2, 0.25) is 0 Å². The van der Waals surface area contributed by atoms with Crippen LogP contribution in [0.3, 0.4) is 0 Å². The van der Waals surface area contributed by atoms with Gasteiger partial charge >= 0.3 is 0 Å². The minimum atomic E-state index is -0.0551. The van der Waals surface area contributed by atoms with Gasteiger partial charge in [0.15, 0.2) is 5.16 Å². The van der Waals surface area contributed by atoms with Gasteiger partial charge in [-0.3, -0.25) is 4.79 Å². The van der Waals surface area contributed by atoms with E-state index in [2.05, 4.69) is 16.9 Å². The van der Waals surface area contributed by atoms with Gasteiger partial charge in [0.05, 0.1) is 5.39 Å². The number of rotatable bonds is 4. The zero-order valence-electron chi connectivity index (χ0n) is 8.95. The first-order valence-electron chi connectivity index (χ1n) is 5.10.